The van der Waals surface area contributed by atoms with Crippen LogP contribution >= 0.6 is 0 Å². The predicted molar refractivity (Wildman–Crippen MR) is 247 cm³/mol. The summed E-state index contributed by atoms with van der Waals surface area (Å²) in [6.45, 7) is 0. The van der Waals surface area contributed by atoms with Crippen molar-refractivity contribution < 1.29 is 0 Å². The Hall–Kier alpha value is -7.68. The number of anilines is 3. The second-order valence-electron chi connectivity index (χ2n) is 14.9. The molecule has 0 spiro atoms. The highest BCUT2D eigenvalue weighted by atomic mass is 15.1. The lowest BCUT2D eigenvalue weighted by Crippen LogP contribution is -2.10. The summed E-state index contributed by atoms with van der Waals surface area (Å²) < 4.78 is 2.38. The Balaban J connectivity index is 1.00. The molecule has 1 aromatic heterocycles. The first-order valence-corrected chi connectivity index (χ1v) is 19.9. The Kier molecular flexibility index (Phi) is 8.19. The van der Waals surface area contributed by atoms with Crippen molar-refractivity contribution in [1.29, 1.82) is 0 Å². The maximum absolute atomic E-state index is 2.39. The van der Waals surface area contributed by atoms with Crippen molar-refractivity contribution in [3.05, 3.63) is 231 Å². The standard InChI is InChI=1S/C56H38N2/c1-3-15-39(16-4-1)47-25-13-17-42-18-14-26-48(56(42)47)41-31-33-44(34-32-41)57(43-19-5-2-6-20-43)55-38-37-46(49-21-7-8-22-50(49)55)40-29-35-45(36-30-40)58-53-27-11-9-23-51(53)52-24-10-12-28-54(52)58/h1-38H. The summed E-state index contributed by atoms with van der Waals surface area (Å²) in [4.78, 5) is 2.39. The molecule has 0 atom stereocenters. The topological polar surface area (TPSA) is 8.17 Å². The minimum absolute atomic E-state index is 1.10. The molecule has 2 nitrogen and oxygen atoms in total. The molecule has 0 unspecified atom stereocenters. The van der Waals surface area contributed by atoms with E-state index in [9.17, 15) is 0 Å². The molecule has 272 valence electrons. The van der Waals surface area contributed by atoms with E-state index in [4.69, 9.17) is 0 Å². The SMILES string of the molecule is c1ccc(-c2cccc3cccc(-c4ccc(N(c5ccccc5)c5ccc(-c6ccc(-n7c8ccccc8c8ccccc87)cc6)c6ccccc56)cc4)c23)cc1. The lowest BCUT2D eigenvalue weighted by Gasteiger charge is -2.27. The molecule has 58 heavy (non-hydrogen) atoms. The number of rotatable bonds is 7. The van der Waals surface area contributed by atoms with Crippen LogP contribution in [-0.2, 0) is 0 Å². The van der Waals surface area contributed by atoms with Crippen molar-refractivity contribution >= 4 is 60.4 Å². The summed E-state index contributed by atoms with van der Waals surface area (Å²) in [6, 6.07) is 83.5. The minimum atomic E-state index is 1.10. The van der Waals surface area contributed by atoms with Gasteiger partial charge in [0, 0.05) is 33.2 Å². The highest BCUT2D eigenvalue weighted by Gasteiger charge is 2.19. The fourth-order valence-corrected chi connectivity index (χ4v) is 8.95. The van der Waals surface area contributed by atoms with Crippen LogP contribution in [0.5, 0.6) is 0 Å². The normalized spacial score (nSPS) is 11.4. The molecule has 0 bridgehead atoms. The van der Waals surface area contributed by atoms with Crippen molar-refractivity contribution in [3.8, 4) is 39.1 Å². The van der Waals surface area contributed by atoms with Gasteiger partial charge in [0.1, 0.15) is 0 Å². The molecule has 1 heterocycles. The highest BCUT2D eigenvalue weighted by molar-refractivity contribution is 6.10. The van der Waals surface area contributed by atoms with Gasteiger partial charge in [0.15, 0.2) is 0 Å². The lowest BCUT2D eigenvalue weighted by molar-refractivity contribution is 1.18. The molecule has 0 radical (unpaired) electrons. The van der Waals surface area contributed by atoms with E-state index in [0.717, 1.165) is 22.7 Å². The summed E-state index contributed by atoms with van der Waals surface area (Å²) >= 11 is 0. The van der Waals surface area contributed by atoms with E-state index in [-0.39, 0.29) is 0 Å². The fraction of sp³-hybridized carbons (Fsp3) is 0. The zero-order valence-corrected chi connectivity index (χ0v) is 31.8. The van der Waals surface area contributed by atoms with Crippen LogP contribution in [0.3, 0.4) is 0 Å². The Morgan fingerprint density at radius 3 is 1.41 bits per heavy atom. The monoisotopic (exact) mass is 738 g/mol. The predicted octanol–water partition coefficient (Wildman–Crippen LogP) is 15.6. The average molecular weight is 739 g/mol. The zero-order valence-electron chi connectivity index (χ0n) is 31.8. The van der Waals surface area contributed by atoms with Gasteiger partial charge in [-0.15, -0.1) is 0 Å². The Morgan fingerprint density at radius 1 is 0.293 bits per heavy atom. The summed E-state index contributed by atoms with van der Waals surface area (Å²) in [5.74, 6) is 0. The molecular weight excluding hydrogens is 701 g/mol. The minimum Gasteiger partial charge on any atom is -0.310 e. The lowest BCUT2D eigenvalue weighted by atomic mass is 9.91. The molecule has 11 rings (SSSR count). The molecule has 0 saturated carbocycles. The highest BCUT2D eigenvalue weighted by Crippen LogP contribution is 2.44. The molecule has 2 heteroatoms. The molecule has 0 amide bonds. The van der Waals surface area contributed by atoms with Crippen LogP contribution in [0.25, 0.3) is 82.4 Å². The third kappa shape index (κ3) is 5.66. The van der Waals surface area contributed by atoms with E-state index in [1.54, 1.807) is 0 Å². The van der Waals surface area contributed by atoms with E-state index in [1.807, 2.05) is 0 Å². The van der Waals surface area contributed by atoms with Gasteiger partial charge < -0.3 is 9.47 Å². The van der Waals surface area contributed by atoms with Gasteiger partial charge in [0.2, 0.25) is 0 Å². The summed E-state index contributed by atoms with van der Waals surface area (Å²) in [6.07, 6.45) is 0. The average Bonchev–Trinajstić information content (AvgIpc) is 3.64. The number of benzene rings is 10. The van der Waals surface area contributed by atoms with Crippen LogP contribution in [0, 0.1) is 0 Å². The van der Waals surface area contributed by atoms with Crippen LogP contribution < -0.4 is 4.90 Å². The fourth-order valence-electron chi connectivity index (χ4n) is 8.95. The van der Waals surface area contributed by atoms with Gasteiger partial charge in [-0.1, -0.05) is 176 Å². The first-order valence-electron chi connectivity index (χ1n) is 19.9. The molecule has 0 N–H and O–H groups in total. The van der Waals surface area contributed by atoms with E-state index in [2.05, 4.69) is 240 Å². The molecular formula is C56H38N2. The number of fused-ring (bicyclic) bond motifs is 5. The third-order valence-corrected chi connectivity index (χ3v) is 11.6. The van der Waals surface area contributed by atoms with Gasteiger partial charge in [-0.2, -0.15) is 0 Å². The first-order chi connectivity index (χ1) is 28.8. The van der Waals surface area contributed by atoms with Gasteiger partial charge in [-0.05, 0) is 104 Å². The largest absolute Gasteiger partial charge is 0.310 e. The van der Waals surface area contributed by atoms with Crippen LogP contribution in [0.4, 0.5) is 17.1 Å². The Bertz CT molecular complexity index is 3190. The van der Waals surface area contributed by atoms with E-state index in [1.165, 1.54) is 76.7 Å². The Morgan fingerprint density at radius 2 is 0.776 bits per heavy atom. The number of nitrogens with zero attached hydrogens (tertiary/aromatic N) is 2. The molecule has 10 aromatic carbocycles. The van der Waals surface area contributed by atoms with Crippen LogP contribution in [0.1, 0.15) is 0 Å². The summed E-state index contributed by atoms with van der Waals surface area (Å²) in [5, 5.41) is 7.46. The third-order valence-electron chi connectivity index (χ3n) is 11.6. The number of aromatic nitrogens is 1. The van der Waals surface area contributed by atoms with Gasteiger partial charge in [0.25, 0.3) is 0 Å². The van der Waals surface area contributed by atoms with Crippen molar-refractivity contribution in [3.63, 3.8) is 0 Å². The van der Waals surface area contributed by atoms with Gasteiger partial charge >= 0.3 is 0 Å². The second kappa shape index (κ2) is 14.1. The molecule has 0 fully saturated rings. The van der Waals surface area contributed by atoms with Gasteiger partial charge in [-0.3, -0.25) is 0 Å². The van der Waals surface area contributed by atoms with Gasteiger partial charge in [-0.25, -0.2) is 0 Å². The molecule has 0 aliphatic carbocycles. The quantitative estimate of drug-likeness (QED) is 0.158. The van der Waals surface area contributed by atoms with Crippen LogP contribution in [0.15, 0.2) is 231 Å². The summed E-state index contributed by atoms with van der Waals surface area (Å²) in [7, 11) is 0. The van der Waals surface area contributed by atoms with Gasteiger partial charge in [0.05, 0.1) is 16.7 Å². The summed E-state index contributed by atoms with van der Waals surface area (Å²) in [5.41, 5.74) is 14.2. The molecule has 0 saturated heterocycles. The van der Waals surface area contributed by atoms with Crippen molar-refractivity contribution in [2.24, 2.45) is 0 Å². The van der Waals surface area contributed by atoms with Crippen LogP contribution in [-0.4, -0.2) is 4.57 Å². The maximum Gasteiger partial charge on any atom is 0.0541 e. The number of hydrogen-bond donors (Lipinski definition) is 0. The number of hydrogen-bond acceptors (Lipinski definition) is 1. The molecule has 0 aliphatic rings. The van der Waals surface area contributed by atoms with Crippen molar-refractivity contribution in [1.82, 2.24) is 4.57 Å². The first kappa shape index (κ1) is 33.6. The van der Waals surface area contributed by atoms with E-state index < -0.39 is 0 Å². The molecule has 11 aromatic rings. The van der Waals surface area contributed by atoms with Crippen molar-refractivity contribution in [2.45, 2.75) is 0 Å². The zero-order chi connectivity index (χ0) is 38.4. The molecule has 0 aliphatic heterocycles. The maximum atomic E-state index is 2.39. The van der Waals surface area contributed by atoms with E-state index in [0.29, 0.717) is 0 Å². The Labute approximate surface area is 338 Å². The second-order valence-corrected chi connectivity index (χ2v) is 14.9. The van der Waals surface area contributed by atoms with Crippen molar-refractivity contribution in [2.75, 3.05) is 4.90 Å². The van der Waals surface area contributed by atoms with Crippen LogP contribution in [0.2, 0.25) is 0 Å². The number of para-hydroxylation sites is 3. The smallest absolute Gasteiger partial charge is 0.0541 e. The van der Waals surface area contributed by atoms with E-state index >= 15 is 0 Å².